The van der Waals surface area contributed by atoms with E-state index >= 15 is 0 Å². The maximum Gasteiger partial charge on any atom is 0.0912 e. The molecule has 0 amide bonds. The Kier molecular flexibility index (Phi) is 7.13. The Morgan fingerprint density at radius 3 is 2.72 bits per heavy atom. The van der Waals surface area contributed by atoms with Crippen LogP contribution in [-0.2, 0) is 4.74 Å². The van der Waals surface area contributed by atoms with Gasteiger partial charge in [-0.25, -0.2) is 0 Å². The molecule has 1 fully saturated rings. The predicted molar refractivity (Wildman–Crippen MR) is 76.5 cm³/mol. The average Bonchev–Trinajstić information content (AvgIpc) is 2.30. The molecule has 1 saturated carbocycles. The highest BCUT2D eigenvalue weighted by molar-refractivity contribution is 4.92. The molecule has 0 saturated heterocycles. The lowest BCUT2D eigenvalue weighted by Gasteiger charge is -2.33. The zero-order chi connectivity index (χ0) is 13.4. The van der Waals surface area contributed by atoms with Gasteiger partial charge in [-0.05, 0) is 19.4 Å². The van der Waals surface area contributed by atoms with Crippen LogP contribution < -0.4 is 10.6 Å². The van der Waals surface area contributed by atoms with Crippen molar-refractivity contribution >= 4 is 0 Å². The molecule has 106 valence electrons. The first kappa shape index (κ1) is 15.3. The first-order valence-corrected chi connectivity index (χ1v) is 6.96. The summed E-state index contributed by atoms with van der Waals surface area (Å²) in [5, 5.41) is 6.56. The van der Waals surface area contributed by atoms with Gasteiger partial charge in [0.25, 0.3) is 0 Å². The van der Waals surface area contributed by atoms with Gasteiger partial charge in [-0.1, -0.05) is 25.8 Å². The quantitative estimate of drug-likeness (QED) is 0.619. The molecule has 0 aromatic heterocycles. The smallest absolute Gasteiger partial charge is 0.0912 e. The molecule has 4 heteroatoms. The van der Waals surface area contributed by atoms with E-state index in [1.165, 1.54) is 25.7 Å². The van der Waals surface area contributed by atoms with E-state index in [2.05, 4.69) is 29.2 Å². The van der Waals surface area contributed by atoms with Crippen molar-refractivity contribution in [2.24, 2.45) is 5.92 Å². The van der Waals surface area contributed by atoms with Crippen molar-refractivity contribution in [3.63, 3.8) is 0 Å². The number of rotatable bonds is 10. The summed E-state index contributed by atoms with van der Waals surface area (Å²) in [5.41, 5.74) is 0. The second-order valence-corrected chi connectivity index (χ2v) is 5.36. The van der Waals surface area contributed by atoms with Crippen molar-refractivity contribution in [3.05, 3.63) is 12.4 Å². The molecule has 18 heavy (non-hydrogen) atoms. The molecule has 0 radical (unpaired) electrons. The number of nitrogens with one attached hydrogen (secondary N) is 2. The summed E-state index contributed by atoms with van der Waals surface area (Å²) in [6.45, 7) is 6.78. The van der Waals surface area contributed by atoms with Gasteiger partial charge >= 0.3 is 0 Å². The molecule has 4 nitrogen and oxygen atoms in total. The number of nitrogens with zero attached hydrogens (tertiary/aromatic N) is 1. The lowest BCUT2D eigenvalue weighted by Crippen LogP contribution is -2.43. The van der Waals surface area contributed by atoms with E-state index in [0.29, 0.717) is 6.04 Å². The highest BCUT2D eigenvalue weighted by atomic mass is 16.5. The van der Waals surface area contributed by atoms with Crippen molar-refractivity contribution < 1.29 is 4.74 Å². The third-order valence-electron chi connectivity index (χ3n) is 3.73. The van der Waals surface area contributed by atoms with E-state index in [-0.39, 0.29) is 0 Å². The minimum absolute atomic E-state index is 0.483. The summed E-state index contributed by atoms with van der Waals surface area (Å²) in [6.07, 6.45) is 5.44. The molecule has 1 rings (SSSR count). The fourth-order valence-corrected chi connectivity index (χ4v) is 2.34. The van der Waals surface area contributed by atoms with Gasteiger partial charge in [0.2, 0.25) is 0 Å². The standard InChI is InChI=1S/C14H29N3O/c1-12(15-2)16-14(10-13-6-5-7-13)11-17(3)8-9-18-4/h13-16H,1,5-11H2,2-4H3/t14-/m0/s1. The van der Waals surface area contributed by atoms with E-state index in [1.54, 1.807) is 7.11 Å². The van der Waals surface area contributed by atoms with Crippen molar-refractivity contribution in [2.45, 2.75) is 31.7 Å². The molecular formula is C14H29N3O. The van der Waals surface area contributed by atoms with Crippen molar-refractivity contribution in [1.29, 1.82) is 0 Å². The third-order valence-corrected chi connectivity index (χ3v) is 3.73. The Labute approximate surface area is 112 Å². The minimum Gasteiger partial charge on any atom is -0.383 e. The molecule has 0 aromatic carbocycles. The van der Waals surface area contributed by atoms with Crippen LogP contribution in [0.3, 0.4) is 0 Å². The van der Waals surface area contributed by atoms with Crippen LogP contribution in [0.15, 0.2) is 12.4 Å². The maximum atomic E-state index is 5.12. The SMILES string of the molecule is C=C(NC)N[C@@H](CC1CCC1)CN(C)CCOC. The lowest BCUT2D eigenvalue weighted by molar-refractivity contribution is 0.150. The van der Waals surface area contributed by atoms with Crippen LogP contribution in [-0.4, -0.2) is 51.8 Å². The van der Waals surface area contributed by atoms with E-state index in [1.807, 2.05) is 7.05 Å². The fourth-order valence-electron chi connectivity index (χ4n) is 2.34. The van der Waals surface area contributed by atoms with Gasteiger partial charge in [0.1, 0.15) is 0 Å². The molecule has 0 spiro atoms. The largest absolute Gasteiger partial charge is 0.383 e. The van der Waals surface area contributed by atoms with Gasteiger partial charge in [0, 0.05) is 33.3 Å². The zero-order valence-electron chi connectivity index (χ0n) is 12.2. The first-order valence-electron chi connectivity index (χ1n) is 6.96. The summed E-state index contributed by atoms with van der Waals surface area (Å²) in [5.74, 6) is 1.82. The van der Waals surface area contributed by atoms with Gasteiger partial charge in [0.15, 0.2) is 0 Å². The Balaban J connectivity index is 2.34. The van der Waals surface area contributed by atoms with E-state index in [9.17, 15) is 0 Å². The Morgan fingerprint density at radius 2 is 2.22 bits per heavy atom. The van der Waals surface area contributed by atoms with E-state index in [0.717, 1.165) is 31.4 Å². The molecule has 2 N–H and O–H groups in total. The lowest BCUT2D eigenvalue weighted by atomic mass is 9.81. The number of hydrogen-bond donors (Lipinski definition) is 2. The van der Waals surface area contributed by atoms with Crippen LogP contribution in [0.1, 0.15) is 25.7 Å². The number of hydrogen-bond acceptors (Lipinski definition) is 4. The van der Waals surface area contributed by atoms with E-state index in [4.69, 9.17) is 4.74 Å². The van der Waals surface area contributed by atoms with Gasteiger partial charge in [0.05, 0.1) is 12.4 Å². The second-order valence-electron chi connectivity index (χ2n) is 5.36. The molecule has 1 aliphatic carbocycles. The number of ether oxygens (including phenoxy) is 1. The van der Waals surface area contributed by atoms with Gasteiger partial charge < -0.3 is 20.3 Å². The zero-order valence-corrected chi connectivity index (χ0v) is 12.2. The van der Waals surface area contributed by atoms with Crippen LogP contribution in [0.4, 0.5) is 0 Å². The molecule has 1 aliphatic rings. The van der Waals surface area contributed by atoms with Crippen LogP contribution in [0.25, 0.3) is 0 Å². The molecule has 0 unspecified atom stereocenters. The van der Waals surface area contributed by atoms with Crippen molar-refractivity contribution in [3.8, 4) is 0 Å². The van der Waals surface area contributed by atoms with Crippen LogP contribution in [0, 0.1) is 5.92 Å². The average molecular weight is 255 g/mol. The Hall–Kier alpha value is -0.740. The highest BCUT2D eigenvalue weighted by Crippen LogP contribution is 2.30. The van der Waals surface area contributed by atoms with Gasteiger partial charge in [-0.3, -0.25) is 0 Å². The minimum atomic E-state index is 0.483. The third kappa shape index (κ3) is 5.74. The summed E-state index contributed by atoms with van der Waals surface area (Å²) in [6, 6.07) is 0.483. The molecule has 0 heterocycles. The Bertz CT molecular complexity index is 241. The second kappa shape index (κ2) is 8.38. The summed E-state index contributed by atoms with van der Waals surface area (Å²) < 4.78 is 5.12. The fraction of sp³-hybridized carbons (Fsp3) is 0.857. The van der Waals surface area contributed by atoms with Crippen molar-refractivity contribution in [1.82, 2.24) is 15.5 Å². The van der Waals surface area contributed by atoms with E-state index < -0.39 is 0 Å². The van der Waals surface area contributed by atoms with Crippen LogP contribution in [0.2, 0.25) is 0 Å². The summed E-state index contributed by atoms with van der Waals surface area (Å²) in [7, 11) is 5.81. The molecular weight excluding hydrogens is 226 g/mol. The van der Waals surface area contributed by atoms with Crippen molar-refractivity contribution in [2.75, 3.05) is 40.9 Å². The molecule has 0 aromatic rings. The number of likely N-dealkylation sites (N-methyl/N-ethyl adjacent to an activating group) is 1. The van der Waals surface area contributed by atoms with Gasteiger partial charge in [-0.15, -0.1) is 0 Å². The topological polar surface area (TPSA) is 36.5 Å². The predicted octanol–water partition coefficient (Wildman–Crippen LogP) is 1.40. The Morgan fingerprint density at radius 1 is 1.50 bits per heavy atom. The summed E-state index contributed by atoms with van der Waals surface area (Å²) >= 11 is 0. The monoisotopic (exact) mass is 255 g/mol. The highest BCUT2D eigenvalue weighted by Gasteiger charge is 2.23. The normalized spacial score (nSPS) is 17.3. The first-order chi connectivity index (χ1) is 8.65. The molecule has 1 atom stereocenters. The van der Waals surface area contributed by atoms with Gasteiger partial charge in [-0.2, -0.15) is 0 Å². The maximum absolute atomic E-state index is 5.12. The number of methoxy groups -OCH3 is 1. The summed E-state index contributed by atoms with van der Waals surface area (Å²) in [4.78, 5) is 2.32. The van der Waals surface area contributed by atoms with Crippen LogP contribution >= 0.6 is 0 Å². The molecule has 0 bridgehead atoms. The van der Waals surface area contributed by atoms with Crippen LogP contribution in [0.5, 0.6) is 0 Å². The molecule has 0 aliphatic heterocycles.